The van der Waals surface area contributed by atoms with Crippen molar-refractivity contribution >= 4 is 11.8 Å². The van der Waals surface area contributed by atoms with Gasteiger partial charge in [0.1, 0.15) is 16.9 Å². The Labute approximate surface area is 152 Å². The van der Waals surface area contributed by atoms with E-state index in [1.165, 1.54) is 0 Å². The molecule has 0 radical (unpaired) electrons. The van der Waals surface area contributed by atoms with Crippen molar-refractivity contribution in [2.75, 3.05) is 13.1 Å². The number of amides is 2. The molecule has 2 amide bonds. The van der Waals surface area contributed by atoms with Crippen molar-refractivity contribution < 1.29 is 14.0 Å². The summed E-state index contributed by atoms with van der Waals surface area (Å²) in [4.78, 5) is 37.2. The van der Waals surface area contributed by atoms with E-state index in [2.05, 4.69) is 10.6 Å². The SMILES string of the molecule is Cc1cc(C2CCCNC2)oc(=O)c1C(=O)NC1(C(N)=O)CCCCC1. The molecule has 1 aromatic rings. The molecule has 0 spiro atoms. The average molecular weight is 361 g/mol. The number of carbonyl (C=O) groups excluding carboxylic acids is 2. The maximum Gasteiger partial charge on any atom is 0.349 e. The van der Waals surface area contributed by atoms with Crippen molar-refractivity contribution in [1.82, 2.24) is 10.6 Å². The van der Waals surface area contributed by atoms with Crippen LogP contribution in [0.5, 0.6) is 0 Å². The zero-order chi connectivity index (χ0) is 18.7. The van der Waals surface area contributed by atoms with E-state index in [1.807, 2.05) is 0 Å². The lowest BCUT2D eigenvalue weighted by atomic mass is 9.81. The molecule has 7 heteroatoms. The lowest BCUT2D eigenvalue weighted by molar-refractivity contribution is -0.125. The summed E-state index contributed by atoms with van der Waals surface area (Å²) in [6, 6.07) is 1.77. The number of piperidine rings is 1. The van der Waals surface area contributed by atoms with Crippen LogP contribution in [0.1, 0.15) is 72.5 Å². The van der Waals surface area contributed by atoms with Gasteiger partial charge in [0, 0.05) is 12.5 Å². The Morgan fingerprint density at radius 3 is 2.58 bits per heavy atom. The molecule has 3 rings (SSSR count). The van der Waals surface area contributed by atoms with Gasteiger partial charge >= 0.3 is 5.63 Å². The molecule has 4 N–H and O–H groups in total. The van der Waals surface area contributed by atoms with Gasteiger partial charge in [0.25, 0.3) is 5.91 Å². The van der Waals surface area contributed by atoms with Crippen LogP contribution in [0.3, 0.4) is 0 Å². The van der Waals surface area contributed by atoms with E-state index in [0.29, 0.717) is 24.2 Å². The lowest BCUT2D eigenvalue weighted by Gasteiger charge is -2.35. The van der Waals surface area contributed by atoms with E-state index in [0.717, 1.165) is 45.2 Å². The van der Waals surface area contributed by atoms with E-state index in [9.17, 15) is 14.4 Å². The molecule has 1 aromatic heterocycles. The second-order valence-corrected chi connectivity index (χ2v) is 7.50. The van der Waals surface area contributed by atoms with E-state index in [4.69, 9.17) is 10.2 Å². The highest BCUT2D eigenvalue weighted by atomic mass is 16.4. The highest BCUT2D eigenvalue weighted by Gasteiger charge is 2.40. The van der Waals surface area contributed by atoms with Gasteiger partial charge in [0.2, 0.25) is 5.91 Å². The van der Waals surface area contributed by atoms with E-state index < -0.39 is 23.0 Å². The van der Waals surface area contributed by atoms with Crippen molar-refractivity contribution in [3.8, 4) is 0 Å². The monoisotopic (exact) mass is 361 g/mol. The highest BCUT2D eigenvalue weighted by molar-refractivity contribution is 5.99. The van der Waals surface area contributed by atoms with Crippen LogP contribution in [0.2, 0.25) is 0 Å². The van der Waals surface area contributed by atoms with Crippen molar-refractivity contribution in [3.05, 3.63) is 33.4 Å². The molecule has 1 atom stereocenters. The van der Waals surface area contributed by atoms with E-state index >= 15 is 0 Å². The second-order valence-electron chi connectivity index (χ2n) is 7.50. The summed E-state index contributed by atoms with van der Waals surface area (Å²) in [5.74, 6) is -0.371. The number of hydrogen-bond acceptors (Lipinski definition) is 5. The molecule has 0 aromatic carbocycles. The van der Waals surface area contributed by atoms with Crippen LogP contribution < -0.4 is 22.0 Å². The predicted molar refractivity (Wildman–Crippen MR) is 97.0 cm³/mol. The van der Waals surface area contributed by atoms with Gasteiger partial charge in [-0.25, -0.2) is 4.79 Å². The van der Waals surface area contributed by atoms with Crippen LogP contribution in [0.25, 0.3) is 0 Å². The standard InChI is InChI=1S/C19H27N3O4/c1-12-10-14(13-6-5-9-21-11-13)26-17(24)15(12)16(23)22-19(18(20)25)7-3-2-4-8-19/h10,13,21H,2-9,11H2,1H3,(H2,20,25)(H,22,23). The van der Waals surface area contributed by atoms with Gasteiger partial charge < -0.3 is 20.8 Å². The summed E-state index contributed by atoms with van der Waals surface area (Å²) in [6.45, 7) is 3.46. The molecule has 1 unspecified atom stereocenters. The predicted octanol–water partition coefficient (Wildman–Crippen LogP) is 1.33. The topological polar surface area (TPSA) is 114 Å². The fourth-order valence-corrected chi connectivity index (χ4v) is 4.07. The Kier molecular flexibility index (Phi) is 5.46. The highest BCUT2D eigenvalue weighted by Crippen LogP contribution is 2.29. The molecule has 1 saturated carbocycles. The molecular formula is C19H27N3O4. The molecule has 1 aliphatic heterocycles. The van der Waals surface area contributed by atoms with Gasteiger partial charge in [-0.2, -0.15) is 0 Å². The molecule has 2 heterocycles. The van der Waals surface area contributed by atoms with Crippen LogP contribution in [0, 0.1) is 6.92 Å². The minimum Gasteiger partial charge on any atom is -0.427 e. The second kappa shape index (κ2) is 7.61. The maximum atomic E-state index is 12.8. The summed E-state index contributed by atoms with van der Waals surface area (Å²) >= 11 is 0. The molecule has 1 aliphatic carbocycles. The molecule has 1 saturated heterocycles. The number of aryl methyl sites for hydroxylation is 1. The van der Waals surface area contributed by atoms with Gasteiger partial charge in [-0.15, -0.1) is 0 Å². The number of rotatable bonds is 4. The number of carbonyl (C=O) groups is 2. The third-order valence-electron chi connectivity index (χ3n) is 5.63. The third-order valence-corrected chi connectivity index (χ3v) is 5.63. The van der Waals surface area contributed by atoms with Crippen molar-refractivity contribution in [2.45, 2.75) is 63.3 Å². The first-order valence-electron chi connectivity index (χ1n) is 9.41. The Balaban J connectivity index is 1.85. The van der Waals surface area contributed by atoms with Crippen LogP contribution in [-0.2, 0) is 4.79 Å². The summed E-state index contributed by atoms with van der Waals surface area (Å²) in [7, 11) is 0. The minimum absolute atomic E-state index is 0.0382. The molecule has 26 heavy (non-hydrogen) atoms. The van der Waals surface area contributed by atoms with Gasteiger partial charge in [0.15, 0.2) is 0 Å². The van der Waals surface area contributed by atoms with Crippen LogP contribution >= 0.6 is 0 Å². The first-order chi connectivity index (χ1) is 12.4. The quantitative estimate of drug-likeness (QED) is 0.748. The fourth-order valence-electron chi connectivity index (χ4n) is 4.07. The molecule has 142 valence electrons. The zero-order valence-electron chi connectivity index (χ0n) is 15.2. The van der Waals surface area contributed by atoms with Crippen LogP contribution in [0.4, 0.5) is 0 Å². The van der Waals surface area contributed by atoms with E-state index in [1.54, 1.807) is 13.0 Å². The Bertz CT molecular complexity index is 744. The van der Waals surface area contributed by atoms with E-state index in [-0.39, 0.29) is 11.5 Å². The summed E-state index contributed by atoms with van der Waals surface area (Å²) in [5, 5.41) is 6.03. The molecular weight excluding hydrogens is 334 g/mol. The first-order valence-corrected chi connectivity index (χ1v) is 9.41. The normalized spacial score (nSPS) is 22.6. The third kappa shape index (κ3) is 3.67. The average Bonchev–Trinajstić information content (AvgIpc) is 2.62. The number of hydrogen-bond donors (Lipinski definition) is 3. The largest absolute Gasteiger partial charge is 0.427 e. The molecule has 7 nitrogen and oxygen atoms in total. The van der Waals surface area contributed by atoms with Crippen molar-refractivity contribution in [2.24, 2.45) is 5.73 Å². The minimum atomic E-state index is -1.07. The smallest absolute Gasteiger partial charge is 0.349 e. The zero-order valence-corrected chi connectivity index (χ0v) is 15.2. The Morgan fingerprint density at radius 1 is 1.27 bits per heavy atom. The molecule has 0 bridgehead atoms. The number of nitrogens with one attached hydrogen (secondary N) is 2. The van der Waals surface area contributed by atoms with Gasteiger partial charge in [-0.05, 0) is 50.8 Å². The maximum absolute atomic E-state index is 12.8. The Morgan fingerprint density at radius 2 is 2.00 bits per heavy atom. The molecule has 2 aliphatic rings. The van der Waals surface area contributed by atoms with Crippen molar-refractivity contribution in [1.29, 1.82) is 0 Å². The fraction of sp³-hybridized carbons (Fsp3) is 0.632. The molecule has 2 fully saturated rings. The van der Waals surface area contributed by atoms with Crippen LogP contribution in [-0.4, -0.2) is 30.4 Å². The summed E-state index contributed by atoms with van der Waals surface area (Å²) in [6.07, 6.45) is 5.64. The summed E-state index contributed by atoms with van der Waals surface area (Å²) < 4.78 is 5.46. The number of nitrogens with two attached hydrogens (primary N) is 1. The van der Waals surface area contributed by atoms with Gasteiger partial charge in [-0.1, -0.05) is 19.3 Å². The lowest BCUT2D eigenvalue weighted by Crippen LogP contribution is -2.59. The van der Waals surface area contributed by atoms with Crippen LogP contribution in [0.15, 0.2) is 15.3 Å². The van der Waals surface area contributed by atoms with Crippen molar-refractivity contribution in [3.63, 3.8) is 0 Å². The Hall–Kier alpha value is -2.15. The van der Waals surface area contributed by atoms with Gasteiger partial charge in [-0.3, -0.25) is 9.59 Å². The first kappa shape index (κ1) is 18.6. The van der Waals surface area contributed by atoms with Gasteiger partial charge in [0.05, 0.1) is 0 Å². The summed E-state index contributed by atoms with van der Waals surface area (Å²) in [5.41, 5.74) is 4.37. The number of primary amides is 1.